The summed E-state index contributed by atoms with van der Waals surface area (Å²) in [6, 6.07) is 0. The van der Waals surface area contributed by atoms with E-state index in [4.69, 9.17) is 0 Å². The van der Waals surface area contributed by atoms with Gasteiger partial charge in [0.25, 0.3) is 10.1 Å². The zero-order valence-corrected chi connectivity index (χ0v) is 6.57. The lowest BCUT2D eigenvalue weighted by Gasteiger charge is -1.95. The molecule has 0 unspecified atom stereocenters. The highest BCUT2D eigenvalue weighted by molar-refractivity contribution is 7.86. The third-order valence-electron chi connectivity index (χ3n) is 0.651. The standard InChI is InChI=1S/C4H10O3S.H3N/c1-3-7-8(5,6)4-2;/h3-4H2,1-2H3;1H3. The summed E-state index contributed by atoms with van der Waals surface area (Å²) < 4.78 is 25.1. The SMILES string of the molecule is CCOS(=O)(=O)CC.N. The molecule has 0 bridgehead atoms. The van der Waals surface area contributed by atoms with E-state index < -0.39 is 10.1 Å². The van der Waals surface area contributed by atoms with Gasteiger partial charge in [0.15, 0.2) is 0 Å². The molecule has 9 heavy (non-hydrogen) atoms. The molecule has 3 N–H and O–H groups in total. The minimum atomic E-state index is -3.17. The number of hydrogen-bond acceptors (Lipinski definition) is 4. The van der Waals surface area contributed by atoms with Gasteiger partial charge in [-0.3, -0.25) is 4.18 Å². The molecule has 0 amide bonds. The number of hydrogen-bond donors (Lipinski definition) is 1. The molecule has 0 aliphatic rings. The van der Waals surface area contributed by atoms with Crippen LogP contribution in [0.3, 0.4) is 0 Å². The van der Waals surface area contributed by atoms with Gasteiger partial charge >= 0.3 is 0 Å². The molecule has 0 aliphatic carbocycles. The molecule has 0 aromatic heterocycles. The van der Waals surface area contributed by atoms with Crippen molar-refractivity contribution in [3.8, 4) is 0 Å². The fraction of sp³-hybridized carbons (Fsp3) is 1.00. The average molecular weight is 155 g/mol. The molecule has 0 aromatic rings. The van der Waals surface area contributed by atoms with E-state index in [0.29, 0.717) is 0 Å². The van der Waals surface area contributed by atoms with Crippen LogP contribution in [0.1, 0.15) is 13.8 Å². The van der Waals surface area contributed by atoms with Crippen molar-refractivity contribution in [1.82, 2.24) is 6.15 Å². The van der Waals surface area contributed by atoms with Gasteiger partial charge in [0, 0.05) is 0 Å². The second-order valence-electron chi connectivity index (χ2n) is 1.25. The molecule has 0 fully saturated rings. The molecule has 0 aromatic carbocycles. The van der Waals surface area contributed by atoms with Crippen molar-refractivity contribution >= 4 is 10.1 Å². The van der Waals surface area contributed by atoms with Crippen LogP contribution in [-0.2, 0) is 14.3 Å². The third-order valence-corrected chi connectivity index (χ3v) is 1.95. The molecule has 0 heterocycles. The van der Waals surface area contributed by atoms with Gasteiger partial charge < -0.3 is 6.15 Å². The molecule has 4 nitrogen and oxygen atoms in total. The zero-order valence-electron chi connectivity index (χ0n) is 5.75. The molecule has 0 spiro atoms. The Balaban J connectivity index is 0. The third kappa shape index (κ3) is 5.75. The van der Waals surface area contributed by atoms with Crippen molar-refractivity contribution in [3.63, 3.8) is 0 Å². The summed E-state index contributed by atoms with van der Waals surface area (Å²) in [5.41, 5.74) is 0. The smallest absolute Gasteiger partial charge is 0.267 e. The Morgan fingerprint density at radius 1 is 1.33 bits per heavy atom. The summed E-state index contributed by atoms with van der Waals surface area (Å²) in [4.78, 5) is 0. The van der Waals surface area contributed by atoms with Crippen molar-refractivity contribution in [2.45, 2.75) is 13.8 Å². The van der Waals surface area contributed by atoms with Gasteiger partial charge in [-0.15, -0.1) is 0 Å². The summed E-state index contributed by atoms with van der Waals surface area (Å²) in [5, 5.41) is 0. The van der Waals surface area contributed by atoms with Gasteiger partial charge in [-0.2, -0.15) is 8.42 Å². The predicted octanol–water partition coefficient (Wildman–Crippen LogP) is 0.535. The lowest BCUT2D eigenvalue weighted by Crippen LogP contribution is -2.06. The van der Waals surface area contributed by atoms with Crippen molar-refractivity contribution < 1.29 is 12.6 Å². The van der Waals surface area contributed by atoms with E-state index in [-0.39, 0.29) is 18.5 Å². The summed E-state index contributed by atoms with van der Waals surface area (Å²) in [6.07, 6.45) is 0. The lowest BCUT2D eigenvalue weighted by molar-refractivity contribution is 0.339. The van der Waals surface area contributed by atoms with E-state index in [9.17, 15) is 8.42 Å². The molecular formula is C4H13NO3S. The monoisotopic (exact) mass is 155 g/mol. The Morgan fingerprint density at radius 2 is 1.78 bits per heavy atom. The number of rotatable bonds is 3. The van der Waals surface area contributed by atoms with Crippen molar-refractivity contribution in [1.29, 1.82) is 0 Å². The normalized spacial score (nSPS) is 10.4. The Bertz CT molecular complexity index is 140. The Labute approximate surface area is 55.9 Å². The van der Waals surface area contributed by atoms with Crippen LogP contribution in [0, 0.1) is 0 Å². The van der Waals surface area contributed by atoms with Gasteiger partial charge in [0.1, 0.15) is 0 Å². The Morgan fingerprint density at radius 3 is 1.89 bits per heavy atom. The highest BCUT2D eigenvalue weighted by Crippen LogP contribution is 1.89. The van der Waals surface area contributed by atoms with Crippen molar-refractivity contribution in [2.75, 3.05) is 12.4 Å². The highest BCUT2D eigenvalue weighted by Gasteiger charge is 2.02. The quantitative estimate of drug-likeness (QED) is 0.603. The molecule has 5 heteroatoms. The van der Waals surface area contributed by atoms with Crippen LogP contribution in [0.2, 0.25) is 0 Å². The summed E-state index contributed by atoms with van der Waals surface area (Å²) in [5.74, 6) is 0.0564. The van der Waals surface area contributed by atoms with Crippen molar-refractivity contribution in [3.05, 3.63) is 0 Å². The van der Waals surface area contributed by atoms with Gasteiger partial charge in [-0.1, -0.05) is 0 Å². The van der Waals surface area contributed by atoms with E-state index in [1.54, 1.807) is 13.8 Å². The van der Waals surface area contributed by atoms with E-state index in [1.807, 2.05) is 0 Å². The molecule has 0 rings (SSSR count). The molecule has 0 saturated carbocycles. The maximum Gasteiger partial charge on any atom is 0.267 e. The lowest BCUT2D eigenvalue weighted by atomic mass is 10.9. The van der Waals surface area contributed by atoms with Crippen molar-refractivity contribution in [2.24, 2.45) is 0 Å². The summed E-state index contributed by atoms with van der Waals surface area (Å²) in [6.45, 7) is 3.42. The minimum absolute atomic E-state index is 0. The summed E-state index contributed by atoms with van der Waals surface area (Å²) >= 11 is 0. The van der Waals surface area contributed by atoms with Gasteiger partial charge in [0.05, 0.1) is 12.4 Å². The molecule has 0 aliphatic heterocycles. The second-order valence-corrected chi connectivity index (χ2v) is 3.18. The Hall–Kier alpha value is -0.130. The van der Waals surface area contributed by atoms with E-state index in [2.05, 4.69) is 4.18 Å². The topological polar surface area (TPSA) is 78.4 Å². The summed E-state index contributed by atoms with van der Waals surface area (Å²) in [7, 11) is -3.17. The first-order valence-electron chi connectivity index (χ1n) is 2.49. The van der Waals surface area contributed by atoms with Crippen LogP contribution in [0.25, 0.3) is 0 Å². The average Bonchev–Trinajstić information content (AvgIpc) is 1.67. The van der Waals surface area contributed by atoms with Crippen LogP contribution in [-0.4, -0.2) is 20.8 Å². The van der Waals surface area contributed by atoms with Gasteiger partial charge in [-0.05, 0) is 13.8 Å². The van der Waals surface area contributed by atoms with Crippen LogP contribution < -0.4 is 6.15 Å². The first-order valence-corrected chi connectivity index (χ1v) is 4.07. The molecule has 58 valence electrons. The van der Waals surface area contributed by atoms with Gasteiger partial charge in [0.2, 0.25) is 0 Å². The second kappa shape index (κ2) is 4.72. The van der Waals surface area contributed by atoms with E-state index in [0.717, 1.165) is 0 Å². The largest absolute Gasteiger partial charge is 0.344 e. The van der Waals surface area contributed by atoms with E-state index >= 15 is 0 Å². The zero-order chi connectivity index (χ0) is 6.62. The maximum absolute atomic E-state index is 10.4. The molecule has 0 atom stereocenters. The molecule has 0 radical (unpaired) electrons. The fourth-order valence-electron chi connectivity index (χ4n) is 0.263. The first kappa shape index (κ1) is 11.6. The first-order chi connectivity index (χ1) is 3.62. The van der Waals surface area contributed by atoms with E-state index in [1.165, 1.54) is 0 Å². The molecular weight excluding hydrogens is 142 g/mol. The van der Waals surface area contributed by atoms with Crippen LogP contribution in [0.15, 0.2) is 0 Å². The predicted molar refractivity (Wildman–Crippen MR) is 36.1 cm³/mol. The maximum atomic E-state index is 10.4. The Kier molecular flexibility index (Phi) is 6.11. The fourth-order valence-corrected chi connectivity index (χ4v) is 0.789. The highest BCUT2D eigenvalue weighted by atomic mass is 32.2. The van der Waals surface area contributed by atoms with Gasteiger partial charge in [-0.25, -0.2) is 0 Å². The van der Waals surface area contributed by atoms with Crippen LogP contribution in [0.4, 0.5) is 0 Å². The van der Waals surface area contributed by atoms with Crippen LogP contribution in [0.5, 0.6) is 0 Å². The minimum Gasteiger partial charge on any atom is -0.344 e. The van der Waals surface area contributed by atoms with Crippen LogP contribution >= 0.6 is 0 Å². The molecule has 0 saturated heterocycles.